The van der Waals surface area contributed by atoms with E-state index in [0.29, 0.717) is 32.1 Å². The predicted molar refractivity (Wildman–Crippen MR) is 588 cm³/mol. The summed E-state index contributed by atoms with van der Waals surface area (Å²) >= 11 is 47.1. The molecule has 0 atom stereocenters. The highest BCUT2D eigenvalue weighted by Gasteiger charge is 2.23. The zero-order chi connectivity index (χ0) is 93.4. The predicted octanol–water partition coefficient (Wildman–Crippen LogP) is 41.1. The molecule has 20 heteroatoms. The van der Waals surface area contributed by atoms with Crippen LogP contribution >= 0.6 is 162 Å². The first kappa shape index (κ1) is 97.0. The van der Waals surface area contributed by atoms with E-state index in [4.69, 9.17) is 34.8 Å². The van der Waals surface area contributed by atoms with Crippen molar-refractivity contribution in [3.63, 3.8) is 0 Å². The Morgan fingerprint density at radius 1 is 0.149 bits per heavy atom. The van der Waals surface area contributed by atoms with Crippen LogP contribution in [0.25, 0.3) is 22.3 Å². The van der Waals surface area contributed by atoms with Gasteiger partial charge in [-0.15, -0.1) is 0 Å². The normalized spacial score (nSPS) is 10.6. The summed E-state index contributed by atoms with van der Waals surface area (Å²) in [5.41, 5.74) is 23.0. The molecule has 19 aromatic carbocycles. The third-order valence-electron chi connectivity index (χ3n) is 21.0. The fraction of sp³-hybridized carbons (Fsp3) is 0. The second kappa shape index (κ2) is 47.6. The molecule has 0 spiro atoms. The Morgan fingerprint density at radius 2 is 0.328 bits per heavy atom. The lowest BCUT2D eigenvalue weighted by molar-refractivity contribution is 0.628. The van der Waals surface area contributed by atoms with E-state index in [1.165, 1.54) is 47.5 Å². The van der Waals surface area contributed by atoms with Gasteiger partial charge in [0.15, 0.2) is 0 Å². The maximum Gasteiger partial charge on any atom is 0.123 e. The van der Waals surface area contributed by atoms with Gasteiger partial charge in [0.1, 0.15) is 17.5 Å². The van der Waals surface area contributed by atoms with Crippen molar-refractivity contribution in [2.45, 2.75) is 0 Å². The quantitative estimate of drug-likeness (QED) is 0.0752. The number of halogens is 14. The van der Waals surface area contributed by atoms with E-state index < -0.39 is 0 Å². The van der Waals surface area contributed by atoms with Crippen LogP contribution in [-0.4, -0.2) is 0 Å². The van der Waals surface area contributed by atoms with Crippen LogP contribution in [0.3, 0.4) is 0 Å². The number of anilines is 18. The average Bonchev–Trinajstić information content (AvgIpc) is 0.774. The van der Waals surface area contributed by atoms with Crippen LogP contribution in [0.1, 0.15) is 0 Å². The maximum atomic E-state index is 13.1. The molecule has 0 unspecified atom stereocenters. The highest BCUT2D eigenvalue weighted by Crippen LogP contribution is 2.47. The van der Waals surface area contributed by atoms with Crippen molar-refractivity contribution in [1.29, 1.82) is 0 Å². The minimum Gasteiger partial charge on any atom is -0.311 e. The minimum absolute atomic E-state index is 0.345. The lowest BCUT2D eigenvalue weighted by Gasteiger charge is -2.28. The molecule has 134 heavy (non-hydrogen) atoms. The Kier molecular flexibility index (Phi) is 34.5. The van der Waals surface area contributed by atoms with Crippen molar-refractivity contribution < 1.29 is 13.2 Å². The van der Waals surface area contributed by atoms with Crippen LogP contribution in [0.4, 0.5) is 116 Å². The first-order valence-electron chi connectivity index (χ1n) is 42.0. The van der Waals surface area contributed by atoms with Crippen molar-refractivity contribution in [2.75, 3.05) is 29.4 Å². The van der Waals surface area contributed by atoms with Crippen molar-refractivity contribution in [2.24, 2.45) is 0 Å². The van der Waals surface area contributed by atoms with Crippen LogP contribution in [-0.2, 0) is 0 Å². The number of nitrogens with zero attached hydrogens (tertiary/aromatic N) is 6. The summed E-state index contributed by atoms with van der Waals surface area (Å²) in [6.07, 6.45) is 0. The van der Waals surface area contributed by atoms with Crippen molar-refractivity contribution in [1.82, 2.24) is 0 Å². The van der Waals surface area contributed by atoms with Crippen molar-refractivity contribution in [3.8, 4) is 22.3 Å². The minimum atomic E-state index is -0.345. The van der Waals surface area contributed by atoms with E-state index in [0.717, 1.165) is 132 Å². The molecule has 0 aromatic heterocycles. The Labute approximate surface area is 861 Å². The number of benzene rings is 19. The van der Waals surface area contributed by atoms with E-state index >= 15 is 0 Å². The second-order valence-electron chi connectivity index (χ2n) is 30.0. The molecule has 0 fully saturated rings. The molecule has 19 rings (SSSR count). The molecule has 0 N–H and O–H groups in total. The molecular formula is C114H78Br8Cl3F3N6. The summed E-state index contributed by atoms with van der Waals surface area (Å²) in [5, 5.41) is 2.11. The highest BCUT2D eigenvalue weighted by atomic mass is 79.9. The molecule has 0 amide bonds. The van der Waals surface area contributed by atoms with E-state index in [1.54, 1.807) is 41.3 Å². The summed E-state index contributed by atoms with van der Waals surface area (Å²) in [4.78, 5) is 12.9. The molecule has 0 saturated heterocycles. The largest absolute Gasteiger partial charge is 0.311 e. The maximum absolute atomic E-state index is 13.1. The highest BCUT2D eigenvalue weighted by molar-refractivity contribution is 9.11. The summed E-state index contributed by atoms with van der Waals surface area (Å²) < 4.78 is 47.8. The zero-order valence-corrected chi connectivity index (χ0v) is 86.0. The molecule has 0 aliphatic rings. The number of hydrogen-bond donors (Lipinski definition) is 0. The Bertz CT molecular complexity index is 6310. The first-order valence-corrected chi connectivity index (χ1v) is 49.5. The Hall–Kier alpha value is -11.5. The van der Waals surface area contributed by atoms with Gasteiger partial charge in [-0.3, -0.25) is 0 Å². The van der Waals surface area contributed by atoms with Gasteiger partial charge in [-0.25, -0.2) is 13.2 Å². The third-order valence-corrected chi connectivity index (χ3v) is 26.2. The number of hydrogen-bond acceptors (Lipinski definition) is 6. The Morgan fingerprint density at radius 3 is 0.552 bits per heavy atom. The first-order chi connectivity index (χ1) is 65.2. The smallest absolute Gasteiger partial charge is 0.123 e. The summed E-state index contributed by atoms with van der Waals surface area (Å²) in [6.45, 7) is 0. The molecular weight excluding hydrogens is 2260 g/mol. The SMILES string of the molecule is Brc1ccc(-c2ccc(N(c3ccccc3)c3ccccc3)cc2)cc1.Brc1cccc(N(c2ccc(-c3ccc(N(c4cccc(Br)c4)c4cccc(Br)c4)cc3)cc2)c2cccc(Br)c2)c1.Brc1ccccc1N(c1ccccc1Br)c1ccccc1Br.Clc1ccc(N(c2ccc(Cl)cc2)c2ccc(Cl)cc2)cc1.Fc1ccc(N(c2ccc(F)cc2)c2ccc(F)cc2)cc1. The van der Waals surface area contributed by atoms with E-state index in [2.05, 4.69) is 407 Å². The van der Waals surface area contributed by atoms with Crippen LogP contribution < -0.4 is 29.4 Å². The number of para-hydroxylation sites is 5. The molecule has 0 aliphatic heterocycles. The van der Waals surface area contributed by atoms with Crippen LogP contribution in [0.2, 0.25) is 15.1 Å². The van der Waals surface area contributed by atoms with Gasteiger partial charge in [0.2, 0.25) is 0 Å². The van der Waals surface area contributed by atoms with Gasteiger partial charge in [0, 0.05) is 136 Å². The van der Waals surface area contributed by atoms with Crippen molar-refractivity contribution in [3.05, 3.63) is 541 Å². The molecule has 0 saturated carbocycles. The molecule has 0 bridgehead atoms. The van der Waals surface area contributed by atoms with Crippen LogP contribution in [0, 0.1) is 17.5 Å². The fourth-order valence-corrected chi connectivity index (χ4v) is 18.3. The monoisotopic (exact) mass is 2320 g/mol. The molecule has 0 radical (unpaired) electrons. The summed E-state index contributed by atoms with van der Waals surface area (Å²) in [5.74, 6) is -1.04. The van der Waals surface area contributed by atoms with Gasteiger partial charge in [0.05, 0.1) is 17.1 Å². The average molecular weight is 2330 g/mol. The Balaban J connectivity index is 0.000000132. The fourth-order valence-electron chi connectivity index (χ4n) is 14.7. The van der Waals surface area contributed by atoms with Gasteiger partial charge in [-0.05, 0) is 398 Å². The lowest BCUT2D eigenvalue weighted by atomic mass is 10.0. The summed E-state index contributed by atoms with van der Waals surface area (Å²) in [6, 6.07) is 154. The molecule has 0 heterocycles. The van der Waals surface area contributed by atoms with Gasteiger partial charge in [-0.1, -0.05) is 260 Å². The van der Waals surface area contributed by atoms with Crippen LogP contribution in [0.15, 0.2) is 509 Å². The van der Waals surface area contributed by atoms with E-state index in [-0.39, 0.29) is 17.5 Å². The van der Waals surface area contributed by atoms with Gasteiger partial charge in [0.25, 0.3) is 0 Å². The zero-order valence-electron chi connectivity index (χ0n) is 71.0. The topological polar surface area (TPSA) is 19.4 Å². The van der Waals surface area contributed by atoms with Crippen LogP contribution in [0.5, 0.6) is 0 Å². The standard InChI is InChI=1S/C36H24Br4N2.C24H18BrN.C18H12Br3N.C18H12Cl3N.C18H12F3N/c37-27-5-1-9-33(21-27)41(34-10-2-6-28(38)22-34)31-17-13-25(14-18-31)26-15-19-32(20-16-26)42(35-11-3-7-29(39)23-35)36-12-4-8-30(40)24-36;25-21-15-11-19(12-16-21)20-13-17-24(18-14-20)26(22-7-3-1-4-8-22)23-9-5-2-6-10-23;19-13-7-1-4-10-16(13)22(17-11-5-2-8-14(17)20)18-12-6-3-9-15(18)21;2*19-13-1-7-16(8-2-13)22(17-9-3-14(20)4-10-17)18-11-5-15(21)6-12-18/h1-24H;1-18H;3*1-12H. The molecule has 6 nitrogen and oxygen atoms in total. The van der Waals surface area contributed by atoms with Gasteiger partial charge in [-0.2, -0.15) is 0 Å². The van der Waals surface area contributed by atoms with E-state index in [9.17, 15) is 13.2 Å². The van der Waals surface area contributed by atoms with Gasteiger partial charge < -0.3 is 29.4 Å². The molecule has 19 aromatic rings. The molecule has 0 aliphatic carbocycles. The number of rotatable bonds is 20. The van der Waals surface area contributed by atoms with Crippen molar-refractivity contribution >= 4 is 265 Å². The van der Waals surface area contributed by atoms with Gasteiger partial charge >= 0.3 is 0 Å². The second-order valence-corrected chi connectivity index (χ2v) is 38.4. The molecule has 662 valence electrons. The van der Waals surface area contributed by atoms with E-state index in [1.807, 2.05) is 146 Å². The summed E-state index contributed by atoms with van der Waals surface area (Å²) in [7, 11) is 0. The third kappa shape index (κ3) is 25.9. The lowest BCUT2D eigenvalue weighted by Crippen LogP contribution is -2.11.